The number of hydrogen-bond donors (Lipinski definition) is 2. The topological polar surface area (TPSA) is 66.4 Å². The van der Waals surface area contributed by atoms with Gasteiger partial charge in [0.25, 0.3) is 0 Å². The van der Waals surface area contributed by atoms with Crippen LogP contribution in [-0.4, -0.2) is 22.7 Å². The van der Waals surface area contributed by atoms with Gasteiger partial charge in [-0.05, 0) is 48.2 Å². The number of carboxylic acid groups (broad SMARTS) is 1. The molecule has 1 aliphatic rings. The highest BCUT2D eigenvalue weighted by atomic mass is 35.5. The van der Waals surface area contributed by atoms with Crippen molar-refractivity contribution in [3.05, 3.63) is 64.7 Å². The Morgan fingerprint density at radius 1 is 1.16 bits per heavy atom. The molecule has 6 heteroatoms. The normalized spacial score (nSPS) is 14.8. The van der Waals surface area contributed by atoms with Crippen LogP contribution >= 0.6 is 23.4 Å². The van der Waals surface area contributed by atoms with E-state index in [4.69, 9.17) is 16.7 Å². The Labute approximate surface area is 155 Å². The van der Waals surface area contributed by atoms with Gasteiger partial charge in [0.15, 0.2) is 0 Å². The fourth-order valence-corrected chi connectivity index (χ4v) is 3.69. The first kappa shape index (κ1) is 17.8. The molecular weight excluding hydrogens is 358 g/mol. The molecule has 130 valence electrons. The van der Waals surface area contributed by atoms with E-state index in [1.165, 1.54) is 11.8 Å². The quantitative estimate of drug-likeness (QED) is 0.756. The number of aliphatic carboxylic acids is 1. The number of rotatable bonds is 7. The molecule has 2 aromatic rings. The molecule has 0 aliphatic heterocycles. The summed E-state index contributed by atoms with van der Waals surface area (Å²) in [6.07, 6.45) is 1.63. The highest BCUT2D eigenvalue weighted by Gasteiger charge is 2.51. The molecule has 1 saturated carbocycles. The zero-order valence-electron chi connectivity index (χ0n) is 13.5. The van der Waals surface area contributed by atoms with Crippen molar-refractivity contribution in [3.63, 3.8) is 0 Å². The third kappa shape index (κ3) is 4.35. The second kappa shape index (κ2) is 7.50. The van der Waals surface area contributed by atoms with Gasteiger partial charge in [0.05, 0.1) is 11.2 Å². The SMILES string of the molecule is O=C(O)CSCc1cccc(NC(=O)C2(c3cccc(Cl)c3)CC2)c1. The molecule has 0 atom stereocenters. The maximum Gasteiger partial charge on any atom is 0.313 e. The Hall–Kier alpha value is -1.98. The van der Waals surface area contributed by atoms with Crippen molar-refractivity contribution in [1.82, 2.24) is 0 Å². The fraction of sp³-hybridized carbons (Fsp3) is 0.263. The molecule has 25 heavy (non-hydrogen) atoms. The molecular formula is C19H18ClNO3S. The van der Waals surface area contributed by atoms with Crippen molar-refractivity contribution in [3.8, 4) is 0 Å². The van der Waals surface area contributed by atoms with Gasteiger partial charge < -0.3 is 10.4 Å². The average Bonchev–Trinajstić information content (AvgIpc) is 3.37. The van der Waals surface area contributed by atoms with E-state index in [0.717, 1.165) is 29.7 Å². The molecule has 0 unspecified atom stereocenters. The van der Waals surface area contributed by atoms with Crippen molar-refractivity contribution < 1.29 is 14.7 Å². The number of carbonyl (C=O) groups is 2. The second-order valence-electron chi connectivity index (χ2n) is 6.13. The lowest BCUT2D eigenvalue weighted by molar-refractivity contribution is -0.133. The van der Waals surface area contributed by atoms with Gasteiger partial charge in [0, 0.05) is 16.5 Å². The Morgan fingerprint density at radius 2 is 1.92 bits per heavy atom. The van der Waals surface area contributed by atoms with Crippen LogP contribution in [0.4, 0.5) is 5.69 Å². The minimum Gasteiger partial charge on any atom is -0.481 e. The first-order chi connectivity index (χ1) is 12.0. The van der Waals surface area contributed by atoms with E-state index in [0.29, 0.717) is 10.8 Å². The van der Waals surface area contributed by atoms with Crippen molar-refractivity contribution in [2.24, 2.45) is 0 Å². The molecule has 0 radical (unpaired) electrons. The fourth-order valence-electron chi connectivity index (χ4n) is 2.80. The standard InChI is InChI=1S/C19H18ClNO3S/c20-15-5-2-4-14(10-15)19(7-8-19)18(24)21-16-6-1-3-13(9-16)11-25-12-17(22)23/h1-6,9-10H,7-8,11-12H2,(H,21,24)(H,22,23). The molecule has 0 bridgehead atoms. The van der Waals surface area contributed by atoms with E-state index in [1.54, 1.807) is 6.07 Å². The molecule has 1 aliphatic carbocycles. The minimum absolute atomic E-state index is 0.0231. The smallest absolute Gasteiger partial charge is 0.313 e. The summed E-state index contributed by atoms with van der Waals surface area (Å²) in [7, 11) is 0. The average molecular weight is 376 g/mol. The summed E-state index contributed by atoms with van der Waals surface area (Å²) in [4.78, 5) is 23.4. The molecule has 2 N–H and O–H groups in total. The van der Waals surface area contributed by atoms with E-state index in [9.17, 15) is 9.59 Å². The van der Waals surface area contributed by atoms with Gasteiger partial charge in [0.2, 0.25) is 5.91 Å². The Bertz CT molecular complexity index is 805. The van der Waals surface area contributed by atoms with Crippen molar-refractivity contribution in [1.29, 1.82) is 0 Å². The highest BCUT2D eigenvalue weighted by molar-refractivity contribution is 7.99. The number of carbonyl (C=O) groups excluding carboxylic acids is 1. The van der Waals surface area contributed by atoms with Crippen molar-refractivity contribution >= 4 is 40.9 Å². The summed E-state index contributed by atoms with van der Waals surface area (Å²) in [5.41, 5.74) is 2.17. The summed E-state index contributed by atoms with van der Waals surface area (Å²) in [5, 5.41) is 12.3. The van der Waals surface area contributed by atoms with Gasteiger partial charge in [0.1, 0.15) is 0 Å². The van der Waals surface area contributed by atoms with Crippen LogP contribution < -0.4 is 5.32 Å². The number of hydrogen-bond acceptors (Lipinski definition) is 3. The minimum atomic E-state index is -0.827. The zero-order valence-corrected chi connectivity index (χ0v) is 15.1. The van der Waals surface area contributed by atoms with Gasteiger partial charge in [-0.25, -0.2) is 0 Å². The van der Waals surface area contributed by atoms with Gasteiger partial charge >= 0.3 is 5.97 Å². The van der Waals surface area contributed by atoms with Crippen LogP contribution in [-0.2, 0) is 20.8 Å². The van der Waals surface area contributed by atoms with E-state index in [1.807, 2.05) is 42.5 Å². The van der Waals surface area contributed by atoms with E-state index >= 15 is 0 Å². The molecule has 1 fully saturated rings. The van der Waals surface area contributed by atoms with Crippen molar-refractivity contribution in [2.45, 2.75) is 24.0 Å². The summed E-state index contributed by atoms with van der Waals surface area (Å²) in [6.45, 7) is 0. The molecule has 4 nitrogen and oxygen atoms in total. The van der Waals surface area contributed by atoms with Gasteiger partial charge in [-0.1, -0.05) is 35.9 Å². The number of carboxylic acids is 1. The Kier molecular flexibility index (Phi) is 5.35. The lowest BCUT2D eigenvalue weighted by Crippen LogP contribution is -2.27. The lowest BCUT2D eigenvalue weighted by atomic mass is 9.95. The lowest BCUT2D eigenvalue weighted by Gasteiger charge is -2.16. The van der Waals surface area contributed by atoms with Crippen LogP contribution in [0.5, 0.6) is 0 Å². The maximum atomic E-state index is 12.8. The molecule has 0 spiro atoms. The summed E-state index contributed by atoms with van der Waals surface area (Å²) < 4.78 is 0. The third-order valence-electron chi connectivity index (χ3n) is 4.24. The Morgan fingerprint density at radius 3 is 2.60 bits per heavy atom. The van der Waals surface area contributed by atoms with Crippen molar-refractivity contribution in [2.75, 3.05) is 11.1 Å². The molecule has 2 aromatic carbocycles. The van der Waals surface area contributed by atoms with E-state index in [-0.39, 0.29) is 11.7 Å². The number of benzene rings is 2. The highest BCUT2D eigenvalue weighted by Crippen LogP contribution is 2.49. The van der Waals surface area contributed by atoms with E-state index < -0.39 is 11.4 Å². The first-order valence-corrected chi connectivity index (χ1v) is 9.49. The van der Waals surface area contributed by atoms with Crippen LogP contribution in [0, 0.1) is 0 Å². The predicted molar refractivity (Wildman–Crippen MR) is 101 cm³/mol. The number of nitrogens with one attached hydrogen (secondary N) is 1. The molecule has 1 amide bonds. The zero-order chi connectivity index (χ0) is 17.9. The number of anilines is 1. The summed E-state index contributed by atoms with van der Waals surface area (Å²) >= 11 is 7.39. The van der Waals surface area contributed by atoms with E-state index in [2.05, 4.69) is 5.32 Å². The third-order valence-corrected chi connectivity index (χ3v) is 5.46. The van der Waals surface area contributed by atoms with Crippen LogP contribution in [0.2, 0.25) is 5.02 Å². The maximum absolute atomic E-state index is 12.8. The number of amides is 1. The largest absolute Gasteiger partial charge is 0.481 e. The molecule has 0 heterocycles. The van der Waals surface area contributed by atoms with Gasteiger partial charge in [-0.3, -0.25) is 9.59 Å². The summed E-state index contributed by atoms with van der Waals surface area (Å²) in [6, 6.07) is 15.0. The molecule has 0 saturated heterocycles. The number of thioether (sulfide) groups is 1. The predicted octanol–water partition coefficient (Wildman–Crippen LogP) is 4.33. The van der Waals surface area contributed by atoms with Crippen LogP contribution in [0.1, 0.15) is 24.0 Å². The van der Waals surface area contributed by atoms with Gasteiger partial charge in [-0.2, -0.15) is 0 Å². The second-order valence-corrected chi connectivity index (χ2v) is 7.56. The number of halogens is 1. The monoisotopic (exact) mass is 375 g/mol. The summed E-state index contributed by atoms with van der Waals surface area (Å²) in [5.74, 6) is -0.194. The van der Waals surface area contributed by atoms with Gasteiger partial charge in [-0.15, -0.1) is 11.8 Å². The van der Waals surface area contributed by atoms with Crippen LogP contribution in [0.15, 0.2) is 48.5 Å². The van der Waals surface area contributed by atoms with Crippen LogP contribution in [0.25, 0.3) is 0 Å². The molecule has 3 rings (SSSR count). The van der Waals surface area contributed by atoms with Crippen LogP contribution in [0.3, 0.4) is 0 Å². The molecule has 0 aromatic heterocycles. The Balaban J connectivity index is 1.68. The first-order valence-electron chi connectivity index (χ1n) is 7.96.